The molecular formula is C31H30N4O2. The average Bonchev–Trinajstić information content (AvgIpc) is 3.54. The van der Waals surface area contributed by atoms with Crippen LogP contribution in [0.1, 0.15) is 54.5 Å². The third kappa shape index (κ3) is 5.28. The smallest absolute Gasteiger partial charge is 0.243 e. The fourth-order valence-electron chi connectivity index (χ4n) is 4.58. The summed E-state index contributed by atoms with van der Waals surface area (Å²) >= 11 is 0. The Hall–Kier alpha value is -4.32. The zero-order valence-corrected chi connectivity index (χ0v) is 21.4. The van der Waals surface area contributed by atoms with Gasteiger partial charge in [0.05, 0.1) is 23.1 Å². The second-order valence-corrected chi connectivity index (χ2v) is 9.65. The highest BCUT2D eigenvalue weighted by Crippen LogP contribution is 2.38. The molecule has 0 spiro atoms. The van der Waals surface area contributed by atoms with Gasteiger partial charge in [-0.15, -0.1) is 0 Å². The number of carbonyl (C=O) groups excluding carboxylic acids is 2. The Morgan fingerprint density at radius 3 is 2.08 bits per heavy atom. The van der Waals surface area contributed by atoms with E-state index >= 15 is 0 Å². The largest absolute Gasteiger partial charge is 0.300 e. The van der Waals surface area contributed by atoms with E-state index < -0.39 is 0 Å². The predicted octanol–water partition coefficient (Wildman–Crippen LogP) is 6.20. The minimum atomic E-state index is -0.329. The number of hydrazone groups is 1. The summed E-state index contributed by atoms with van der Waals surface area (Å²) in [6, 6.07) is 26.1. The Bertz CT molecular complexity index is 1450. The molecule has 0 saturated carbocycles. The molecule has 0 saturated heterocycles. The summed E-state index contributed by atoms with van der Waals surface area (Å²) in [6.07, 6.45) is 2.90. The average molecular weight is 491 g/mol. The number of amides is 1. The van der Waals surface area contributed by atoms with Crippen LogP contribution in [0.4, 0.5) is 0 Å². The van der Waals surface area contributed by atoms with Gasteiger partial charge in [-0.3, -0.25) is 4.79 Å². The van der Waals surface area contributed by atoms with Crippen LogP contribution >= 0.6 is 0 Å². The maximum atomic E-state index is 13.4. The van der Waals surface area contributed by atoms with E-state index in [-0.39, 0.29) is 30.6 Å². The lowest BCUT2D eigenvalue weighted by atomic mass is 9.95. The molecule has 0 bridgehead atoms. The molecule has 5 rings (SSSR count). The van der Waals surface area contributed by atoms with Gasteiger partial charge in [-0.25, -0.2) is 9.69 Å². The number of carbonyl (C=O) groups is 2. The Balaban J connectivity index is 1.60. The number of aryl methyl sites for hydroxylation is 2. The van der Waals surface area contributed by atoms with Gasteiger partial charge >= 0.3 is 0 Å². The molecule has 1 aliphatic heterocycles. The molecule has 0 aliphatic carbocycles. The lowest BCUT2D eigenvalue weighted by Gasteiger charge is -2.21. The summed E-state index contributed by atoms with van der Waals surface area (Å²) in [4.78, 5) is 25.0. The predicted molar refractivity (Wildman–Crippen MR) is 146 cm³/mol. The van der Waals surface area contributed by atoms with E-state index in [1.807, 2.05) is 60.3 Å². The minimum absolute atomic E-state index is 0.0101. The van der Waals surface area contributed by atoms with Crippen molar-refractivity contribution in [3.05, 3.63) is 107 Å². The van der Waals surface area contributed by atoms with Crippen LogP contribution in [0.15, 0.2) is 90.2 Å². The summed E-state index contributed by atoms with van der Waals surface area (Å²) in [5.74, 6) is -0.172. The Morgan fingerprint density at radius 2 is 1.46 bits per heavy atom. The lowest BCUT2D eigenvalue weighted by molar-refractivity contribution is -0.134. The van der Waals surface area contributed by atoms with Crippen LogP contribution in [-0.2, 0) is 9.59 Å². The van der Waals surface area contributed by atoms with Gasteiger partial charge in [0, 0.05) is 36.6 Å². The van der Waals surface area contributed by atoms with Crippen molar-refractivity contribution in [2.24, 2.45) is 5.10 Å². The molecule has 1 aliphatic rings. The fraction of sp³-hybridized carbons (Fsp3) is 0.226. The lowest BCUT2D eigenvalue weighted by Crippen LogP contribution is -2.27. The SMILES string of the molecule is CC(=O)CCC(=O)N1N=C(c2ccc(C)cc2)CC1c1cn(-c2ccccc2)nc1-c1ccc(C)cc1. The van der Waals surface area contributed by atoms with Crippen molar-refractivity contribution in [1.29, 1.82) is 0 Å². The summed E-state index contributed by atoms with van der Waals surface area (Å²) in [5.41, 5.74) is 7.84. The van der Waals surface area contributed by atoms with Crippen LogP contribution in [-0.4, -0.2) is 32.2 Å². The highest BCUT2D eigenvalue weighted by Gasteiger charge is 2.36. The molecule has 1 aromatic heterocycles. The number of benzene rings is 3. The van der Waals surface area contributed by atoms with E-state index in [9.17, 15) is 9.59 Å². The topological polar surface area (TPSA) is 67.6 Å². The van der Waals surface area contributed by atoms with Crippen LogP contribution < -0.4 is 0 Å². The standard InChI is InChI=1S/C31H30N4O2/c1-21-9-14-24(15-10-21)28-19-29(35(32-28)30(37)18-13-23(3)36)27-20-34(26-7-5-4-6-8-26)33-31(27)25-16-11-22(2)12-17-25/h4-12,14-17,20,29H,13,18-19H2,1-3H3. The Morgan fingerprint density at radius 1 is 0.838 bits per heavy atom. The van der Waals surface area contributed by atoms with Gasteiger partial charge in [-0.1, -0.05) is 77.9 Å². The van der Waals surface area contributed by atoms with Crippen LogP contribution in [0.2, 0.25) is 0 Å². The van der Waals surface area contributed by atoms with Crippen LogP contribution in [0.25, 0.3) is 16.9 Å². The van der Waals surface area contributed by atoms with Gasteiger partial charge in [0.15, 0.2) is 0 Å². The van der Waals surface area contributed by atoms with Crippen molar-refractivity contribution in [1.82, 2.24) is 14.8 Å². The quantitative estimate of drug-likeness (QED) is 0.310. The third-order valence-electron chi connectivity index (χ3n) is 6.69. The van der Waals surface area contributed by atoms with E-state index in [1.165, 1.54) is 18.1 Å². The minimum Gasteiger partial charge on any atom is -0.300 e. The molecule has 1 atom stereocenters. The summed E-state index contributed by atoms with van der Waals surface area (Å²) in [6.45, 7) is 5.61. The third-order valence-corrected chi connectivity index (χ3v) is 6.69. The maximum Gasteiger partial charge on any atom is 0.243 e. The first-order valence-corrected chi connectivity index (χ1v) is 12.6. The second-order valence-electron chi connectivity index (χ2n) is 9.65. The molecule has 37 heavy (non-hydrogen) atoms. The van der Waals surface area contributed by atoms with E-state index in [2.05, 4.69) is 43.3 Å². The van der Waals surface area contributed by atoms with Gasteiger partial charge in [-0.2, -0.15) is 10.2 Å². The molecule has 0 radical (unpaired) electrons. The monoisotopic (exact) mass is 490 g/mol. The first kappa shape index (κ1) is 24.4. The summed E-state index contributed by atoms with van der Waals surface area (Å²) < 4.78 is 1.87. The van der Waals surface area contributed by atoms with Crippen molar-refractivity contribution in [2.75, 3.05) is 0 Å². The van der Waals surface area contributed by atoms with Crippen LogP contribution in [0.3, 0.4) is 0 Å². The number of aromatic nitrogens is 2. The van der Waals surface area contributed by atoms with Crippen molar-refractivity contribution in [3.8, 4) is 16.9 Å². The van der Waals surface area contributed by atoms with Gasteiger partial charge in [0.1, 0.15) is 5.78 Å². The van der Waals surface area contributed by atoms with Crippen LogP contribution in [0, 0.1) is 13.8 Å². The number of hydrogen-bond acceptors (Lipinski definition) is 4. The summed E-state index contributed by atoms with van der Waals surface area (Å²) in [5, 5.41) is 11.4. The number of Topliss-reactive ketones (excluding diaryl/α,β-unsaturated/α-hetero) is 1. The van der Waals surface area contributed by atoms with Gasteiger partial charge < -0.3 is 4.79 Å². The zero-order valence-electron chi connectivity index (χ0n) is 21.4. The molecule has 6 nitrogen and oxygen atoms in total. The molecule has 0 fully saturated rings. The molecule has 4 aromatic rings. The number of hydrogen-bond donors (Lipinski definition) is 0. The molecule has 6 heteroatoms. The Labute approximate surface area is 217 Å². The van der Waals surface area contributed by atoms with E-state index in [1.54, 1.807) is 5.01 Å². The molecular weight excluding hydrogens is 460 g/mol. The molecule has 3 aromatic carbocycles. The number of rotatable bonds is 7. The van der Waals surface area contributed by atoms with E-state index in [4.69, 9.17) is 10.2 Å². The van der Waals surface area contributed by atoms with E-state index in [0.29, 0.717) is 6.42 Å². The molecule has 0 N–H and O–H groups in total. The first-order valence-electron chi connectivity index (χ1n) is 12.6. The van der Waals surface area contributed by atoms with Crippen LogP contribution in [0.5, 0.6) is 0 Å². The van der Waals surface area contributed by atoms with Crippen molar-refractivity contribution in [2.45, 2.75) is 46.1 Å². The number of nitrogens with zero attached hydrogens (tertiary/aromatic N) is 4. The van der Waals surface area contributed by atoms with Crippen molar-refractivity contribution in [3.63, 3.8) is 0 Å². The van der Waals surface area contributed by atoms with Gasteiger partial charge in [0.2, 0.25) is 5.91 Å². The van der Waals surface area contributed by atoms with Gasteiger partial charge in [-0.05, 0) is 38.5 Å². The highest BCUT2D eigenvalue weighted by molar-refractivity contribution is 6.03. The van der Waals surface area contributed by atoms with Gasteiger partial charge in [0.25, 0.3) is 0 Å². The second kappa shape index (κ2) is 10.3. The summed E-state index contributed by atoms with van der Waals surface area (Å²) in [7, 11) is 0. The number of para-hydroxylation sites is 1. The molecule has 1 unspecified atom stereocenters. The Kier molecular flexibility index (Phi) is 6.82. The van der Waals surface area contributed by atoms with Crippen molar-refractivity contribution < 1.29 is 9.59 Å². The zero-order chi connectivity index (χ0) is 25.9. The first-order chi connectivity index (χ1) is 17.9. The van der Waals surface area contributed by atoms with Crippen molar-refractivity contribution >= 4 is 17.4 Å². The molecule has 186 valence electrons. The number of ketones is 1. The highest BCUT2D eigenvalue weighted by atomic mass is 16.2. The molecule has 1 amide bonds. The fourth-order valence-corrected chi connectivity index (χ4v) is 4.58. The molecule has 2 heterocycles. The van der Waals surface area contributed by atoms with E-state index in [0.717, 1.165) is 33.8 Å². The maximum absolute atomic E-state index is 13.4. The normalized spacial score (nSPS) is 15.1.